The van der Waals surface area contributed by atoms with E-state index in [4.69, 9.17) is 16.3 Å². The first-order valence-electron chi connectivity index (χ1n) is 6.38. The van der Waals surface area contributed by atoms with Crippen LogP contribution < -0.4 is 5.32 Å². The first-order chi connectivity index (χ1) is 9.16. The third-order valence-corrected chi connectivity index (χ3v) is 3.56. The molecule has 1 aromatic carbocycles. The van der Waals surface area contributed by atoms with Crippen LogP contribution in [0, 0.1) is 16.0 Å². The van der Waals surface area contributed by atoms with Crippen LogP contribution in [0.5, 0.6) is 0 Å². The van der Waals surface area contributed by atoms with Gasteiger partial charge in [-0.15, -0.1) is 0 Å². The van der Waals surface area contributed by atoms with Crippen molar-refractivity contribution in [3.63, 3.8) is 0 Å². The zero-order chi connectivity index (χ0) is 13.7. The van der Waals surface area contributed by atoms with Crippen LogP contribution in [0.1, 0.15) is 18.4 Å². The monoisotopic (exact) mass is 284 g/mol. The van der Waals surface area contributed by atoms with E-state index >= 15 is 0 Å². The highest BCUT2D eigenvalue weighted by molar-refractivity contribution is 6.30. The molecule has 1 atom stereocenters. The number of halogens is 1. The molecule has 2 rings (SSSR count). The highest BCUT2D eigenvalue weighted by atomic mass is 35.5. The zero-order valence-electron chi connectivity index (χ0n) is 10.6. The fourth-order valence-corrected chi connectivity index (χ4v) is 2.44. The van der Waals surface area contributed by atoms with Crippen LogP contribution in [-0.2, 0) is 11.3 Å². The van der Waals surface area contributed by atoms with E-state index in [2.05, 4.69) is 5.32 Å². The summed E-state index contributed by atoms with van der Waals surface area (Å²) in [6.07, 6.45) is 2.17. The molecule has 0 aliphatic carbocycles. The summed E-state index contributed by atoms with van der Waals surface area (Å²) in [5.74, 6) is 0.661. The Bertz CT molecular complexity index is 448. The van der Waals surface area contributed by atoms with Crippen molar-refractivity contribution in [2.45, 2.75) is 19.4 Å². The Kier molecular flexibility index (Phi) is 5.13. The smallest absolute Gasteiger partial charge is 0.275 e. The van der Waals surface area contributed by atoms with Crippen molar-refractivity contribution in [3.05, 3.63) is 38.9 Å². The maximum Gasteiger partial charge on any atom is 0.275 e. The molecule has 1 N–H and O–H groups in total. The highest BCUT2D eigenvalue weighted by Gasteiger charge is 2.16. The number of hydrogen-bond acceptors (Lipinski definition) is 4. The third-order valence-electron chi connectivity index (χ3n) is 3.33. The summed E-state index contributed by atoms with van der Waals surface area (Å²) < 4.78 is 5.54. The van der Waals surface area contributed by atoms with Crippen molar-refractivity contribution in [1.29, 1.82) is 0 Å². The normalized spacial score (nSPS) is 18.7. The Morgan fingerprint density at radius 2 is 2.37 bits per heavy atom. The van der Waals surface area contributed by atoms with E-state index in [0.29, 0.717) is 23.1 Å². The third kappa shape index (κ3) is 4.16. The number of rotatable bonds is 6. The lowest BCUT2D eigenvalue weighted by molar-refractivity contribution is -0.385. The number of nitro groups is 1. The van der Waals surface area contributed by atoms with E-state index in [-0.39, 0.29) is 12.3 Å². The summed E-state index contributed by atoms with van der Waals surface area (Å²) in [5.41, 5.74) is 0.592. The summed E-state index contributed by atoms with van der Waals surface area (Å²) in [5, 5.41) is 14.7. The Morgan fingerprint density at radius 3 is 3.05 bits per heavy atom. The van der Waals surface area contributed by atoms with Gasteiger partial charge in [-0.25, -0.2) is 0 Å². The molecule has 0 bridgehead atoms. The van der Waals surface area contributed by atoms with Crippen LogP contribution in [-0.4, -0.2) is 24.6 Å². The lowest BCUT2D eigenvalue weighted by Gasteiger charge is -2.09. The quantitative estimate of drug-likeness (QED) is 0.496. The molecule has 0 radical (unpaired) electrons. The number of hydrogen-bond donors (Lipinski definition) is 1. The van der Waals surface area contributed by atoms with Gasteiger partial charge >= 0.3 is 0 Å². The SMILES string of the molecule is O=[N+]([O-])c1ccc(Cl)cc1COCCC1CCNC1. The molecule has 1 fully saturated rings. The van der Waals surface area contributed by atoms with E-state index in [0.717, 1.165) is 19.5 Å². The van der Waals surface area contributed by atoms with Crippen molar-refractivity contribution < 1.29 is 9.66 Å². The second-order valence-electron chi connectivity index (χ2n) is 4.73. The van der Waals surface area contributed by atoms with Gasteiger partial charge in [0.15, 0.2) is 0 Å². The minimum Gasteiger partial charge on any atom is -0.376 e. The largest absolute Gasteiger partial charge is 0.376 e. The topological polar surface area (TPSA) is 64.4 Å². The second kappa shape index (κ2) is 6.84. The van der Waals surface area contributed by atoms with Crippen molar-refractivity contribution in [2.75, 3.05) is 19.7 Å². The van der Waals surface area contributed by atoms with Crippen LogP contribution in [0.2, 0.25) is 5.02 Å². The van der Waals surface area contributed by atoms with Crippen LogP contribution in [0.3, 0.4) is 0 Å². The maximum absolute atomic E-state index is 10.9. The summed E-state index contributed by atoms with van der Waals surface area (Å²) in [6.45, 7) is 2.97. The molecule has 6 heteroatoms. The lowest BCUT2D eigenvalue weighted by atomic mass is 10.1. The van der Waals surface area contributed by atoms with Crippen molar-refractivity contribution in [3.8, 4) is 0 Å². The van der Waals surface area contributed by atoms with Crippen LogP contribution >= 0.6 is 11.6 Å². The van der Waals surface area contributed by atoms with Gasteiger partial charge in [-0.1, -0.05) is 11.6 Å². The molecule has 104 valence electrons. The molecule has 1 saturated heterocycles. The molecule has 0 saturated carbocycles. The highest BCUT2D eigenvalue weighted by Crippen LogP contribution is 2.23. The van der Waals surface area contributed by atoms with Gasteiger partial charge in [0.2, 0.25) is 0 Å². The second-order valence-corrected chi connectivity index (χ2v) is 5.17. The van der Waals surface area contributed by atoms with Gasteiger partial charge in [-0.05, 0) is 44.0 Å². The predicted molar refractivity (Wildman–Crippen MR) is 73.4 cm³/mol. The molecule has 1 unspecified atom stereocenters. The van der Waals surface area contributed by atoms with E-state index < -0.39 is 4.92 Å². The van der Waals surface area contributed by atoms with Gasteiger partial charge in [0.05, 0.1) is 17.1 Å². The van der Waals surface area contributed by atoms with Crippen LogP contribution in [0.4, 0.5) is 5.69 Å². The number of nitro benzene ring substituents is 1. The summed E-state index contributed by atoms with van der Waals surface area (Å²) in [7, 11) is 0. The molecule has 0 amide bonds. The molecule has 5 nitrogen and oxygen atoms in total. The van der Waals surface area contributed by atoms with Crippen molar-refractivity contribution >= 4 is 17.3 Å². The van der Waals surface area contributed by atoms with Gasteiger partial charge < -0.3 is 10.1 Å². The summed E-state index contributed by atoms with van der Waals surface area (Å²) in [4.78, 5) is 10.5. The van der Waals surface area contributed by atoms with E-state index in [9.17, 15) is 10.1 Å². The molecule has 1 aliphatic rings. The minimum atomic E-state index is -0.407. The average molecular weight is 285 g/mol. The van der Waals surface area contributed by atoms with E-state index in [1.54, 1.807) is 6.07 Å². The molecule has 1 aliphatic heterocycles. The molecule has 0 spiro atoms. The zero-order valence-corrected chi connectivity index (χ0v) is 11.4. The Balaban J connectivity index is 1.84. The molecule has 1 heterocycles. The fraction of sp³-hybridized carbons (Fsp3) is 0.538. The number of nitrogens with one attached hydrogen (secondary N) is 1. The Hall–Kier alpha value is -1.17. The van der Waals surface area contributed by atoms with Crippen LogP contribution in [0.15, 0.2) is 18.2 Å². The Labute approximate surface area is 117 Å². The van der Waals surface area contributed by atoms with Gasteiger partial charge in [0.25, 0.3) is 5.69 Å². The maximum atomic E-state index is 10.9. The number of benzene rings is 1. The average Bonchev–Trinajstić information content (AvgIpc) is 2.87. The van der Waals surface area contributed by atoms with E-state index in [1.807, 2.05) is 0 Å². The van der Waals surface area contributed by atoms with E-state index in [1.165, 1.54) is 18.6 Å². The molecule has 0 aromatic heterocycles. The molecular formula is C13H17ClN2O3. The lowest BCUT2D eigenvalue weighted by Crippen LogP contribution is -2.11. The number of ether oxygens (including phenoxy) is 1. The number of nitrogens with zero attached hydrogens (tertiary/aromatic N) is 1. The van der Waals surface area contributed by atoms with Gasteiger partial charge in [0.1, 0.15) is 0 Å². The van der Waals surface area contributed by atoms with Crippen molar-refractivity contribution in [1.82, 2.24) is 5.32 Å². The van der Waals surface area contributed by atoms with Gasteiger partial charge in [0, 0.05) is 17.7 Å². The first-order valence-corrected chi connectivity index (χ1v) is 6.76. The van der Waals surface area contributed by atoms with Crippen LogP contribution in [0.25, 0.3) is 0 Å². The summed E-state index contributed by atoms with van der Waals surface area (Å²) >= 11 is 5.85. The Morgan fingerprint density at radius 1 is 1.53 bits per heavy atom. The molecular weight excluding hydrogens is 268 g/mol. The van der Waals surface area contributed by atoms with Gasteiger partial charge in [-0.3, -0.25) is 10.1 Å². The first kappa shape index (κ1) is 14.2. The van der Waals surface area contributed by atoms with Gasteiger partial charge in [-0.2, -0.15) is 0 Å². The molecule has 19 heavy (non-hydrogen) atoms. The standard InChI is InChI=1S/C13H17ClN2O3/c14-12-1-2-13(16(17)18)11(7-12)9-19-6-4-10-3-5-15-8-10/h1-2,7,10,15H,3-6,8-9H2. The fourth-order valence-electron chi connectivity index (χ4n) is 2.24. The summed E-state index contributed by atoms with van der Waals surface area (Å²) in [6, 6.07) is 4.53. The molecule has 1 aromatic rings. The minimum absolute atomic E-state index is 0.0620. The predicted octanol–water partition coefficient (Wildman–Crippen LogP) is 2.76. The van der Waals surface area contributed by atoms with Crippen molar-refractivity contribution in [2.24, 2.45) is 5.92 Å².